The highest BCUT2D eigenvalue weighted by Gasteiger charge is 2.07. The minimum absolute atomic E-state index is 0.111. The monoisotopic (exact) mass is 339 g/mol. The maximum atomic E-state index is 5.05. The Labute approximate surface area is 108 Å². The van der Waals surface area contributed by atoms with Crippen LogP contribution in [0.5, 0.6) is 0 Å². The molecule has 0 aromatic rings. The lowest BCUT2D eigenvalue weighted by atomic mass is 9.98. The molecule has 1 radical (unpaired) electrons. The fraction of sp³-hybridized carbons (Fsp3) is 0.600. The minimum Gasteiger partial charge on any atom is -0.502 e. The zero-order valence-electron chi connectivity index (χ0n) is 9.46. The normalized spacial score (nSPS) is 11.7. The van der Waals surface area contributed by atoms with Gasteiger partial charge in [0, 0.05) is 12.6 Å². The summed E-state index contributed by atoms with van der Waals surface area (Å²) < 4.78 is 10.0. The Hall–Kier alpha value is 0.305. The van der Waals surface area contributed by atoms with Crippen LogP contribution in [0.25, 0.3) is 0 Å². The molecule has 0 amide bonds. The van der Waals surface area contributed by atoms with Gasteiger partial charge in [-0.15, -0.1) is 0 Å². The van der Waals surface area contributed by atoms with Crippen molar-refractivity contribution in [1.29, 1.82) is 0 Å². The average molecular weight is 339 g/mol. The van der Waals surface area contributed by atoms with Crippen LogP contribution in [0.3, 0.4) is 0 Å². The summed E-state index contributed by atoms with van der Waals surface area (Å²) in [6, 6.07) is 0. The molecule has 0 spiro atoms. The highest BCUT2D eigenvalue weighted by atomic mass is 127. The van der Waals surface area contributed by atoms with Crippen LogP contribution in [-0.4, -0.2) is 27.4 Å². The highest BCUT2D eigenvalue weighted by molar-refractivity contribution is 14.2. The first-order valence-corrected chi connectivity index (χ1v) is 9.17. The molecule has 15 heavy (non-hydrogen) atoms. The van der Waals surface area contributed by atoms with E-state index in [0.29, 0.717) is 0 Å². The van der Waals surface area contributed by atoms with Crippen LogP contribution < -0.4 is 0 Å². The number of ether oxygens (including phenoxy) is 2. The topological polar surface area (TPSA) is 18.5 Å². The van der Waals surface area contributed by atoms with Gasteiger partial charge in [0.1, 0.15) is 0 Å². The molecule has 0 aliphatic heterocycles. The third-order valence-electron chi connectivity index (χ3n) is 1.89. The molecule has 0 saturated carbocycles. The van der Waals surface area contributed by atoms with Gasteiger partial charge in [-0.3, -0.25) is 0 Å². The van der Waals surface area contributed by atoms with Crippen molar-refractivity contribution in [3.05, 3.63) is 24.7 Å². The van der Waals surface area contributed by atoms with Gasteiger partial charge in [-0.1, -0.05) is 53.4 Å². The van der Waals surface area contributed by atoms with Crippen LogP contribution in [0.4, 0.5) is 0 Å². The largest absolute Gasteiger partial charge is 0.502 e. The third kappa shape index (κ3) is 9.25. The molecule has 0 bridgehead atoms. The van der Waals surface area contributed by atoms with E-state index in [2.05, 4.69) is 42.2 Å². The van der Waals surface area contributed by atoms with Crippen molar-refractivity contribution in [1.82, 2.24) is 0 Å². The summed E-state index contributed by atoms with van der Waals surface area (Å²) in [5, 5.41) is 0. The standard InChI is InChI=1S/C10H18BIO2P/c1-9(13-3)6-5-7-11-15(12)8-10(2)14-4/h1-2,5-8H2,3-4H3. The number of methoxy groups -OCH3 is 2. The van der Waals surface area contributed by atoms with E-state index in [-0.39, 0.29) is 5.44 Å². The first kappa shape index (κ1) is 15.3. The van der Waals surface area contributed by atoms with Crippen molar-refractivity contribution in [2.45, 2.75) is 19.2 Å². The van der Waals surface area contributed by atoms with Gasteiger partial charge in [0.15, 0.2) is 7.00 Å². The minimum atomic E-state index is -0.111. The van der Waals surface area contributed by atoms with Crippen molar-refractivity contribution in [3.63, 3.8) is 0 Å². The van der Waals surface area contributed by atoms with Crippen LogP contribution in [0, 0.1) is 0 Å². The number of hydrogen-bond donors (Lipinski definition) is 0. The Morgan fingerprint density at radius 1 is 1.27 bits per heavy atom. The summed E-state index contributed by atoms with van der Waals surface area (Å²) in [6.07, 6.45) is 4.11. The summed E-state index contributed by atoms with van der Waals surface area (Å²) in [5.74, 6) is 1.73. The molecule has 0 aromatic heterocycles. The van der Waals surface area contributed by atoms with Crippen molar-refractivity contribution in [2.75, 3.05) is 20.4 Å². The molecule has 0 saturated heterocycles. The number of hydrogen-bond acceptors (Lipinski definition) is 2. The second kappa shape index (κ2) is 9.53. The van der Waals surface area contributed by atoms with Crippen LogP contribution in [0.2, 0.25) is 6.32 Å². The van der Waals surface area contributed by atoms with Crippen LogP contribution in [-0.2, 0) is 9.47 Å². The van der Waals surface area contributed by atoms with Gasteiger partial charge in [-0.2, -0.15) is 0 Å². The van der Waals surface area contributed by atoms with E-state index in [1.807, 2.05) is 0 Å². The first-order chi connectivity index (χ1) is 7.10. The average Bonchev–Trinajstić information content (AvgIpc) is 2.23. The maximum absolute atomic E-state index is 5.05. The van der Waals surface area contributed by atoms with E-state index in [1.165, 1.54) is 0 Å². The smallest absolute Gasteiger partial charge is 0.160 e. The SMILES string of the molecule is C=C(CCC[B]P(I)CC(=C)OC)OC. The summed E-state index contributed by atoms with van der Waals surface area (Å²) in [5.41, 5.74) is -0.111. The molecule has 2 nitrogen and oxygen atoms in total. The van der Waals surface area contributed by atoms with Gasteiger partial charge >= 0.3 is 0 Å². The lowest BCUT2D eigenvalue weighted by Gasteiger charge is -2.10. The summed E-state index contributed by atoms with van der Waals surface area (Å²) in [6.45, 7) is 9.95. The Bertz CT molecular complexity index is 212. The number of halogens is 1. The molecular formula is C10H18BIO2P. The Balaban J connectivity index is 3.42. The number of allylic oxidation sites excluding steroid dienone is 2. The molecular weight excluding hydrogens is 321 g/mol. The predicted octanol–water partition coefficient (Wildman–Crippen LogP) is 3.96. The van der Waals surface area contributed by atoms with Crippen LogP contribution in [0.15, 0.2) is 24.7 Å². The fourth-order valence-electron chi connectivity index (χ4n) is 0.930. The Kier molecular flexibility index (Phi) is 9.72. The summed E-state index contributed by atoms with van der Waals surface area (Å²) in [7, 11) is 3.34. The molecule has 0 heterocycles. The molecule has 0 aliphatic rings. The van der Waals surface area contributed by atoms with E-state index in [9.17, 15) is 0 Å². The zero-order chi connectivity index (χ0) is 11.7. The molecule has 0 N–H and O–H groups in total. The second-order valence-corrected chi connectivity index (χ2v) is 8.32. The maximum Gasteiger partial charge on any atom is 0.160 e. The highest BCUT2D eigenvalue weighted by Crippen LogP contribution is 2.45. The Morgan fingerprint density at radius 2 is 1.87 bits per heavy atom. The molecule has 0 aliphatic carbocycles. The van der Waals surface area contributed by atoms with Gasteiger partial charge in [0.25, 0.3) is 0 Å². The van der Waals surface area contributed by atoms with E-state index in [0.717, 1.165) is 36.8 Å². The Morgan fingerprint density at radius 3 is 2.40 bits per heavy atom. The van der Waals surface area contributed by atoms with Crippen molar-refractivity contribution in [3.8, 4) is 0 Å². The van der Waals surface area contributed by atoms with Gasteiger partial charge in [0.05, 0.1) is 25.7 Å². The molecule has 0 fully saturated rings. The predicted molar refractivity (Wildman–Crippen MR) is 77.9 cm³/mol. The second-order valence-electron chi connectivity index (χ2n) is 3.12. The molecule has 1 unspecified atom stereocenters. The van der Waals surface area contributed by atoms with Gasteiger partial charge in [-0.25, -0.2) is 0 Å². The van der Waals surface area contributed by atoms with Crippen LogP contribution >= 0.6 is 27.5 Å². The van der Waals surface area contributed by atoms with Gasteiger partial charge in [-0.05, 0) is 0 Å². The summed E-state index contributed by atoms with van der Waals surface area (Å²) >= 11 is 2.46. The van der Waals surface area contributed by atoms with Crippen molar-refractivity contribution >= 4 is 34.5 Å². The van der Waals surface area contributed by atoms with E-state index in [1.54, 1.807) is 14.2 Å². The van der Waals surface area contributed by atoms with E-state index >= 15 is 0 Å². The molecule has 0 aromatic carbocycles. The quantitative estimate of drug-likeness (QED) is 0.208. The fourth-order valence-corrected chi connectivity index (χ4v) is 3.97. The van der Waals surface area contributed by atoms with Crippen molar-refractivity contribution in [2.24, 2.45) is 0 Å². The first-order valence-electron chi connectivity index (χ1n) is 4.79. The molecule has 85 valence electrons. The van der Waals surface area contributed by atoms with Gasteiger partial charge in [0.2, 0.25) is 0 Å². The summed E-state index contributed by atoms with van der Waals surface area (Å²) in [4.78, 5) is 0. The lowest BCUT2D eigenvalue weighted by molar-refractivity contribution is 0.278. The van der Waals surface area contributed by atoms with Crippen molar-refractivity contribution < 1.29 is 9.47 Å². The lowest BCUT2D eigenvalue weighted by Crippen LogP contribution is -1.94. The van der Waals surface area contributed by atoms with Gasteiger partial charge < -0.3 is 9.47 Å². The molecule has 1 atom stereocenters. The molecule has 5 heteroatoms. The molecule has 0 rings (SSSR count). The number of rotatable bonds is 9. The van der Waals surface area contributed by atoms with E-state index in [4.69, 9.17) is 9.47 Å². The van der Waals surface area contributed by atoms with Crippen LogP contribution in [0.1, 0.15) is 12.8 Å². The zero-order valence-corrected chi connectivity index (χ0v) is 12.5. The van der Waals surface area contributed by atoms with E-state index < -0.39 is 0 Å². The third-order valence-corrected chi connectivity index (χ3v) is 5.41.